The van der Waals surface area contributed by atoms with Gasteiger partial charge in [0.2, 0.25) is 0 Å². The molecular weight excluding hydrogens is 921 g/mol. The molecule has 2 saturated carbocycles. The van der Waals surface area contributed by atoms with Crippen molar-refractivity contribution in [1.29, 1.82) is 0 Å². The number of ether oxygens (including phenoxy) is 2. The van der Waals surface area contributed by atoms with Gasteiger partial charge in [-0.3, -0.25) is 4.79 Å². The van der Waals surface area contributed by atoms with Crippen molar-refractivity contribution < 1.29 is 29.0 Å². The first-order valence-electron chi connectivity index (χ1n) is 26.9. The highest BCUT2D eigenvalue weighted by Gasteiger charge is 2.39. The van der Waals surface area contributed by atoms with Gasteiger partial charge in [0.05, 0.1) is 24.3 Å². The first kappa shape index (κ1) is 54.7. The van der Waals surface area contributed by atoms with Gasteiger partial charge in [-0.15, -0.1) is 0 Å². The highest BCUT2D eigenvalue weighted by molar-refractivity contribution is 5.77. The third-order valence-corrected chi connectivity index (χ3v) is 14.5. The number of aromatic hydroxyl groups is 1. The standard InChI is InChI=1S/C36H46N2O4.C28H32N2O2/c1-4-41-34(39)18-6-5-9-23-42-33-21-19-29(20-22-33)26-36(30-14-10-12-27(2)24-30,31-15-11-13-28(3)25-31)38-35(40)37-32-16-7-8-17-32;1-20-7-5-9-23(17-20)28(24-10-6-8-21(2)18-24,19-22-13-15-26(31)16-14-22)30-27(32)29-25-11-3-4-12-25/h10-15,19-22,24-25,32H,4-9,16-18,23,26H2,1-3H3,(H2,37,38,40);5-10,13-18,25,31H,3-4,11-12,19H2,1-2H3,(H2,29,30,32). The molecule has 0 aromatic heterocycles. The van der Waals surface area contributed by atoms with Crippen LogP contribution in [0.1, 0.15) is 140 Å². The van der Waals surface area contributed by atoms with Crippen molar-refractivity contribution >= 4 is 18.0 Å². The van der Waals surface area contributed by atoms with Crippen LogP contribution in [0.2, 0.25) is 0 Å². The highest BCUT2D eigenvalue weighted by Crippen LogP contribution is 2.37. The lowest BCUT2D eigenvalue weighted by Crippen LogP contribution is -2.53. The summed E-state index contributed by atoms with van der Waals surface area (Å²) >= 11 is 0. The molecular formula is C64H78N4O6. The Morgan fingerprint density at radius 3 is 1.30 bits per heavy atom. The minimum absolute atomic E-state index is 0.132. The first-order chi connectivity index (χ1) is 35.8. The third kappa shape index (κ3) is 15.5. The summed E-state index contributed by atoms with van der Waals surface area (Å²) in [5, 5.41) is 23.1. The van der Waals surface area contributed by atoms with E-state index < -0.39 is 11.1 Å². The molecule has 8 rings (SSSR count). The van der Waals surface area contributed by atoms with Crippen LogP contribution in [0.5, 0.6) is 11.5 Å². The number of amides is 4. The van der Waals surface area contributed by atoms with Crippen molar-refractivity contribution in [2.24, 2.45) is 0 Å². The lowest BCUT2D eigenvalue weighted by Gasteiger charge is -2.37. The van der Waals surface area contributed by atoms with Crippen molar-refractivity contribution in [3.63, 3.8) is 0 Å². The molecule has 2 fully saturated rings. The summed E-state index contributed by atoms with van der Waals surface area (Å²) < 4.78 is 11.0. The van der Waals surface area contributed by atoms with E-state index >= 15 is 0 Å². The Bertz CT molecular complexity index is 2650. The fourth-order valence-corrected chi connectivity index (χ4v) is 10.6. The van der Waals surface area contributed by atoms with Gasteiger partial charge in [0.1, 0.15) is 11.5 Å². The number of phenols is 1. The third-order valence-electron chi connectivity index (χ3n) is 14.5. The Balaban J connectivity index is 0.000000224. The number of urea groups is 2. The first-order valence-corrected chi connectivity index (χ1v) is 26.9. The summed E-state index contributed by atoms with van der Waals surface area (Å²) in [7, 11) is 0. The number of esters is 1. The van der Waals surface area contributed by atoms with Crippen molar-refractivity contribution in [3.05, 3.63) is 201 Å². The van der Waals surface area contributed by atoms with Crippen LogP contribution in [0.3, 0.4) is 0 Å². The summed E-state index contributed by atoms with van der Waals surface area (Å²) in [6, 6.07) is 49.2. The number of nitrogens with one attached hydrogen (secondary N) is 4. The molecule has 0 radical (unpaired) electrons. The van der Waals surface area contributed by atoms with E-state index in [2.05, 4.69) is 146 Å². The van der Waals surface area contributed by atoms with E-state index in [1.807, 2.05) is 43.3 Å². The molecule has 5 N–H and O–H groups in total. The van der Waals surface area contributed by atoms with E-state index in [1.165, 1.54) is 12.8 Å². The number of benzene rings is 6. The normalized spacial score (nSPS) is 13.9. The van der Waals surface area contributed by atoms with Crippen LogP contribution in [0.15, 0.2) is 146 Å². The molecule has 10 nitrogen and oxygen atoms in total. The topological polar surface area (TPSA) is 138 Å². The molecule has 0 saturated heterocycles. The molecule has 4 amide bonds. The SMILES string of the molecule is CCOC(=O)CCCCCOc1ccc(CC(NC(=O)NC2CCCC2)(c2cccc(C)c2)c2cccc(C)c2)cc1.Cc1cccc(C(Cc2ccc(O)cc2)(NC(=O)NC2CCCC2)c2cccc(C)c2)c1. The number of aryl methyl sites for hydroxylation is 4. The lowest BCUT2D eigenvalue weighted by molar-refractivity contribution is -0.143. The zero-order valence-corrected chi connectivity index (χ0v) is 44.3. The number of hydrogen-bond acceptors (Lipinski definition) is 6. The van der Waals surface area contributed by atoms with Crippen molar-refractivity contribution in [2.45, 2.75) is 148 Å². The number of rotatable bonds is 20. The summed E-state index contributed by atoms with van der Waals surface area (Å²) in [6.45, 7) is 11.2. The van der Waals surface area contributed by atoms with E-state index in [0.717, 1.165) is 119 Å². The van der Waals surface area contributed by atoms with Gasteiger partial charge >= 0.3 is 18.0 Å². The number of carbonyl (C=O) groups is 3. The molecule has 2 aliphatic carbocycles. The summed E-state index contributed by atoms with van der Waals surface area (Å²) in [6.07, 6.45) is 13.0. The van der Waals surface area contributed by atoms with Crippen molar-refractivity contribution in [3.8, 4) is 11.5 Å². The summed E-state index contributed by atoms with van der Waals surface area (Å²) in [4.78, 5) is 38.4. The van der Waals surface area contributed by atoms with E-state index in [-0.39, 0.29) is 35.9 Å². The lowest BCUT2D eigenvalue weighted by atomic mass is 9.77. The Labute approximate surface area is 440 Å². The average Bonchev–Trinajstić information content (AvgIpc) is 4.11. The van der Waals surface area contributed by atoms with Gasteiger partial charge in [-0.05, 0) is 137 Å². The summed E-state index contributed by atoms with van der Waals surface area (Å²) in [5.74, 6) is 0.914. The minimum Gasteiger partial charge on any atom is -0.508 e. The molecule has 0 unspecified atom stereocenters. The maximum Gasteiger partial charge on any atom is 0.315 e. The average molecular weight is 999 g/mol. The minimum atomic E-state index is -0.762. The fourth-order valence-electron chi connectivity index (χ4n) is 10.6. The highest BCUT2D eigenvalue weighted by atomic mass is 16.5. The molecule has 74 heavy (non-hydrogen) atoms. The van der Waals surface area contributed by atoms with Gasteiger partial charge < -0.3 is 35.8 Å². The molecule has 6 aromatic rings. The van der Waals surface area contributed by atoms with Crippen LogP contribution in [0, 0.1) is 27.7 Å². The van der Waals surface area contributed by atoms with Gasteiger partial charge in [-0.2, -0.15) is 0 Å². The molecule has 10 heteroatoms. The molecule has 0 spiro atoms. The second kappa shape index (κ2) is 26.8. The second-order valence-electron chi connectivity index (χ2n) is 20.6. The molecule has 6 aromatic carbocycles. The Hall–Kier alpha value is -7.07. The van der Waals surface area contributed by atoms with Gasteiger partial charge in [0.15, 0.2) is 0 Å². The predicted molar refractivity (Wildman–Crippen MR) is 297 cm³/mol. The van der Waals surface area contributed by atoms with Gasteiger partial charge in [0.25, 0.3) is 0 Å². The molecule has 2 aliphatic rings. The van der Waals surface area contributed by atoms with Crippen LogP contribution >= 0.6 is 0 Å². The molecule has 0 aliphatic heterocycles. The van der Waals surface area contributed by atoms with Crippen LogP contribution in [0.4, 0.5) is 9.59 Å². The zero-order valence-electron chi connectivity index (χ0n) is 44.3. The van der Waals surface area contributed by atoms with E-state index in [4.69, 9.17) is 9.47 Å². The van der Waals surface area contributed by atoms with Crippen molar-refractivity contribution in [2.75, 3.05) is 13.2 Å². The Kier molecular flexibility index (Phi) is 19.8. The maximum absolute atomic E-state index is 13.6. The molecule has 0 bridgehead atoms. The van der Waals surface area contributed by atoms with Crippen LogP contribution in [0.25, 0.3) is 0 Å². The number of unbranched alkanes of at least 4 members (excludes halogenated alkanes) is 2. The number of phenolic OH excluding ortho intramolecular Hbond substituents is 1. The smallest absolute Gasteiger partial charge is 0.315 e. The Morgan fingerprint density at radius 1 is 0.527 bits per heavy atom. The molecule has 0 heterocycles. The fraction of sp³-hybridized carbons (Fsp3) is 0.391. The summed E-state index contributed by atoms with van der Waals surface area (Å²) in [5.41, 5.74) is 9.38. The zero-order chi connectivity index (χ0) is 52.3. The van der Waals surface area contributed by atoms with E-state index in [0.29, 0.717) is 32.5 Å². The van der Waals surface area contributed by atoms with Gasteiger partial charge in [0, 0.05) is 31.3 Å². The molecule has 0 atom stereocenters. The predicted octanol–water partition coefficient (Wildman–Crippen LogP) is 13.3. The molecule has 390 valence electrons. The van der Waals surface area contributed by atoms with Crippen LogP contribution in [-0.2, 0) is 33.5 Å². The van der Waals surface area contributed by atoms with Crippen molar-refractivity contribution in [1.82, 2.24) is 21.3 Å². The van der Waals surface area contributed by atoms with Gasteiger partial charge in [-0.1, -0.05) is 169 Å². The van der Waals surface area contributed by atoms with E-state index in [1.54, 1.807) is 12.1 Å². The quantitative estimate of drug-likeness (QED) is 0.0381. The monoisotopic (exact) mass is 999 g/mol. The largest absolute Gasteiger partial charge is 0.508 e. The van der Waals surface area contributed by atoms with E-state index in [9.17, 15) is 19.5 Å². The number of carbonyl (C=O) groups excluding carboxylic acids is 3. The second-order valence-corrected chi connectivity index (χ2v) is 20.6. The van der Waals surface area contributed by atoms with Gasteiger partial charge in [-0.25, -0.2) is 9.59 Å². The maximum atomic E-state index is 13.6. The number of hydrogen-bond donors (Lipinski definition) is 5. The van der Waals surface area contributed by atoms with Crippen LogP contribution < -0.4 is 26.0 Å². The van der Waals surface area contributed by atoms with Crippen LogP contribution in [-0.4, -0.2) is 48.4 Å². The Morgan fingerprint density at radius 2 is 0.919 bits per heavy atom.